The molecule has 0 aliphatic heterocycles. The molecule has 0 bridgehead atoms. The number of halogens is 2. The van der Waals surface area contributed by atoms with Gasteiger partial charge < -0.3 is 16.6 Å². The Morgan fingerprint density at radius 1 is 1.36 bits per heavy atom. The van der Waals surface area contributed by atoms with E-state index in [1.54, 1.807) is 13.0 Å². The standard InChI is InChI=1S/C9H12F2N2O/c1-4-2-3-5(12)8(14)6(4)7(13)9(10)11/h2-3,7,9,14H,12-13H2,1H3/t7-/m1/s1. The summed E-state index contributed by atoms with van der Waals surface area (Å²) in [6, 6.07) is 1.50. The molecule has 1 aromatic carbocycles. The van der Waals surface area contributed by atoms with E-state index in [1.165, 1.54) is 6.07 Å². The highest BCUT2D eigenvalue weighted by molar-refractivity contribution is 5.59. The number of rotatable bonds is 2. The number of phenolic OH excluding ortho intramolecular Hbond substituents is 1. The van der Waals surface area contributed by atoms with Crippen LogP contribution < -0.4 is 11.5 Å². The van der Waals surface area contributed by atoms with E-state index in [0.717, 1.165) is 0 Å². The molecular formula is C9H12F2N2O. The van der Waals surface area contributed by atoms with Crippen molar-refractivity contribution < 1.29 is 13.9 Å². The van der Waals surface area contributed by atoms with Crippen LogP contribution in [0.15, 0.2) is 12.1 Å². The first-order valence-corrected chi connectivity index (χ1v) is 4.06. The SMILES string of the molecule is Cc1ccc(N)c(O)c1[C@@H](N)C(F)F. The number of nitrogens with two attached hydrogens (primary N) is 2. The molecule has 78 valence electrons. The third-order valence-corrected chi connectivity index (χ3v) is 2.07. The molecule has 5 heteroatoms. The van der Waals surface area contributed by atoms with Gasteiger partial charge in [0.1, 0.15) is 5.75 Å². The third kappa shape index (κ3) is 1.77. The molecular weight excluding hydrogens is 190 g/mol. The van der Waals surface area contributed by atoms with E-state index >= 15 is 0 Å². The van der Waals surface area contributed by atoms with E-state index in [2.05, 4.69) is 0 Å². The highest BCUT2D eigenvalue weighted by atomic mass is 19.3. The maximum atomic E-state index is 12.3. The Morgan fingerprint density at radius 3 is 2.43 bits per heavy atom. The van der Waals surface area contributed by atoms with Gasteiger partial charge in [-0.25, -0.2) is 8.78 Å². The van der Waals surface area contributed by atoms with Crippen LogP contribution in [0.25, 0.3) is 0 Å². The van der Waals surface area contributed by atoms with E-state index in [4.69, 9.17) is 11.5 Å². The molecule has 1 aromatic rings. The zero-order valence-electron chi connectivity index (χ0n) is 7.67. The van der Waals surface area contributed by atoms with Gasteiger partial charge in [-0.3, -0.25) is 0 Å². The summed E-state index contributed by atoms with van der Waals surface area (Å²) in [5.74, 6) is -0.349. The molecule has 0 unspecified atom stereocenters. The number of aryl methyl sites for hydroxylation is 1. The van der Waals surface area contributed by atoms with Crippen LogP contribution in [0.2, 0.25) is 0 Å². The maximum Gasteiger partial charge on any atom is 0.257 e. The first-order chi connectivity index (χ1) is 6.45. The molecule has 0 aromatic heterocycles. The smallest absolute Gasteiger partial charge is 0.257 e. The van der Waals surface area contributed by atoms with E-state index in [1.807, 2.05) is 0 Å². The molecule has 0 spiro atoms. The minimum atomic E-state index is -2.72. The third-order valence-electron chi connectivity index (χ3n) is 2.07. The zero-order valence-corrected chi connectivity index (χ0v) is 7.67. The van der Waals surface area contributed by atoms with Crippen molar-refractivity contribution in [3.63, 3.8) is 0 Å². The molecule has 3 nitrogen and oxygen atoms in total. The van der Waals surface area contributed by atoms with E-state index < -0.39 is 12.5 Å². The van der Waals surface area contributed by atoms with Gasteiger partial charge in [-0.05, 0) is 18.6 Å². The lowest BCUT2D eigenvalue weighted by Gasteiger charge is -2.16. The normalized spacial score (nSPS) is 13.2. The van der Waals surface area contributed by atoms with Crippen molar-refractivity contribution in [1.29, 1.82) is 0 Å². The molecule has 0 heterocycles. The summed E-state index contributed by atoms with van der Waals surface area (Å²) in [5, 5.41) is 9.46. The van der Waals surface area contributed by atoms with Gasteiger partial charge in [-0.1, -0.05) is 6.07 Å². The lowest BCUT2D eigenvalue weighted by molar-refractivity contribution is 0.115. The minimum absolute atomic E-state index is 0.0139. The molecule has 0 aliphatic rings. The summed E-state index contributed by atoms with van der Waals surface area (Å²) >= 11 is 0. The maximum absolute atomic E-state index is 12.3. The highest BCUT2D eigenvalue weighted by Crippen LogP contribution is 2.34. The number of aromatic hydroxyl groups is 1. The van der Waals surface area contributed by atoms with Gasteiger partial charge in [-0.15, -0.1) is 0 Å². The number of hydrogen-bond acceptors (Lipinski definition) is 3. The number of hydrogen-bond donors (Lipinski definition) is 3. The van der Waals surface area contributed by atoms with Crippen LogP contribution in [0, 0.1) is 6.92 Å². The Bertz CT molecular complexity index is 342. The first-order valence-electron chi connectivity index (χ1n) is 4.06. The van der Waals surface area contributed by atoms with Gasteiger partial charge in [0.2, 0.25) is 0 Å². The predicted molar refractivity (Wildman–Crippen MR) is 50.2 cm³/mol. The number of anilines is 1. The van der Waals surface area contributed by atoms with Crippen molar-refractivity contribution >= 4 is 5.69 Å². The molecule has 0 saturated carbocycles. The molecule has 0 saturated heterocycles. The van der Waals surface area contributed by atoms with Crippen LogP contribution in [0.3, 0.4) is 0 Å². The quantitative estimate of drug-likeness (QED) is 0.503. The Balaban J connectivity index is 3.25. The Labute approximate surface area is 80.3 Å². The molecule has 0 radical (unpaired) electrons. The highest BCUT2D eigenvalue weighted by Gasteiger charge is 2.23. The van der Waals surface area contributed by atoms with Crippen LogP contribution in [0.5, 0.6) is 5.75 Å². The molecule has 1 rings (SSSR count). The Morgan fingerprint density at radius 2 is 1.93 bits per heavy atom. The summed E-state index contributed by atoms with van der Waals surface area (Å²) in [6.45, 7) is 1.59. The number of benzene rings is 1. The summed E-state index contributed by atoms with van der Waals surface area (Å²) in [5.41, 5.74) is 11.2. The van der Waals surface area contributed by atoms with Crippen molar-refractivity contribution in [2.24, 2.45) is 5.73 Å². The van der Waals surface area contributed by atoms with Crippen LogP contribution in [-0.2, 0) is 0 Å². The average Bonchev–Trinajstić information content (AvgIpc) is 2.12. The topological polar surface area (TPSA) is 72.3 Å². The van der Waals surface area contributed by atoms with Crippen LogP contribution >= 0.6 is 0 Å². The number of nitrogen functional groups attached to an aromatic ring is 1. The van der Waals surface area contributed by atoms with Gasteiger partial charge >= 0.3 is 0 Å². The number of phenols is 1. The zero-order chi connectivity index (χ0) is 10.9. The van der Waals surface area contributed by atoms with Gasteiger partial charge in [0.15, 0.2) is 0 Å². The van der Waals surface area contributed by atoms with Gasteiger partial charge in [0.25, 0.3) is 6.43 Å². The first kappa shape index (κ1) is 10.7. The van der Waals surface area contributed by atoms with Crippen molar-refractivity contribution in [3.8, 4) is 5.75 Å². The fourth-order valence-corrected chi connectivity index (χ4v) is 1.27. The Hall–Kier alpha value is -1.36. The second-order valence-corrected chi connectivity index (χ2v) is 3.09. The van der Waals surface area contributed by atoms with Crippen molar-refractivity contribution in [2.45, 2.75) is 19.4 Å². The second kappa shape index (κ2) is 3.79. The van der Waals surface area contributed by atoms with Crippen molar-refractivity contribution in [3.05, 3.63) is 23.3 Å². The number of alkyl halides is 2. The van der Waals surface area contributed by atoms with Crippen LogP contribution in [-0.4, -0.2) is 11.5 Å². The van der Waals surface area contributed by atoms with Crippen molar-refractivity contribution in [1.82, 2.24) is 0 Å². The largest absolute Gasteiger partial charge is 0.505 e. The summed E-state index contributed by atoms with van der Waals surface area (Å²) < 4.78 is 24.7. The summed E-state index contributed by atoms with van der Waals surface area (Å²) in [6.07, 6.45) is -2.72. The van der Waals surface area contributed by atoms with Crippen LogP contribution in [0.1, 0.15) is 17.2 Å². The van der Waals surface area contributed by atoms with Crippen molar-refractivity contribution in [2.75, 3.05) is 5.73 Å². The van der Waals surface area contributed by atoms with Gasteiger partial charge in [-0.2, -0.15) is 0 Å². The van der Waals surface area contributed by atoms with Gasteiger partial charge in [0, 0.05) is 5.56 Å². The monoisotopic (exact) mass is 202 g/mol. The average molecular weight is 202 g/mol. The molecule has 5 N–H and O–H groups in total. The molecule has 1 atom stereocenters. The fraction of sp³-hybridized carbons (Fsp3) is 0.333. The Kier molecular flexibility index (Phi) is 2.90. The minimum Gasteiger partial charge on any atom is -0.505 e. The molecule has 14 heavy (non-hydrogen) atoms. The molecule has 0 fully saturated rings. The van der Waals surface area contributed by atoms with E-state index in [-0.39, 0.29) is 17.0 Å². The van der Waals surface area contributed by atoms with E-state index in [0.29, 0.717) is 5.56 Å². The van der Waals surface area contributed by atoms with Gasteiger partial charge in [0.05, 0.1) is 11.7 Å². The van der Waals surface area contributed by atoms with Crippen LogP contribution in [0.4, 0.5) is 14.5 Å². The second-order valence-electron chi connectivity index (χ2n) is 3.09. The lowest BCUT2D eigenvalue weighted by atomic mass is 10.00. The summed E-state index contributed by atoms with van der Waals surface area (Å²) in [7, 11) is 0. The summed E-state index contributed by atoms with van der Waals surface area (Å²) in [4.78, 5) is 0. The predicted octanol–water partition coefficient (Wildman–Crippen LogP) is 1.55. The fourth-order valence-electron chi connectivity index (χ4n) is 1.27. The van der Waals surface area contributed by atoms with E-state index in [9.17, 15) is 13.9 Å². The lowest BCUT2D eigenvalue weighted by Crippen LogP contribution is -2.20. The molecule has 0 aliphatic carbocycles. The molecule has 0 amide bonds.